The number of hydrogen-bond donors (Lipinski definition) is 2. The molecular weight excluding hydrogens is 338 g/mol. The van der Waals surface area contributed by atoms with Crippen LogP contribution in [0.25, 0.3) is 6.08 Å². The van der Waals surface area contributed by atoms with Gasteiger partial charge < -0.3 is 15.2 Å². The summed E-state index contributed by atoms with van der Waals surface area (Å²) < 4.78 is 6.11. The van der Waals surface area contributed by atoms with Crippen molar-refractivity contribution in [3.8, 4) is 0 Å². The number of nitrogens with one attached hydrogen (secondary N) is 1. The van der Waals surface area contributed by atoms with Crippen molar-refractivity contribution in [1.29, 1.82) is 0 Å². The van der Waals surface area contributed by atoms with Crippen LogP contribution < -0.4 is 5.32 Å². The topological polar surface area (TPSA) is 75.6 Å². The molecule has 0 aromatic heterocycles. The van der Waals surface area contributed by atoms with Gasteiger partial charge in [-0.2, -0.15) is 0 Å². The Morgan fingerprint density at radius 3 is 2.95 bits per heavy atom. The molecule has 1 saturated heterocycles. The number of hydrogen-bond acceptors (Lipinski definition) is 3. The van der Waals surface area contributed by atoms with Crippen LogP contribution in [0.2, 0.25) is 0 Å². The first-order valence-electron chi connectivity index (χ1n) is 6.47. The fourth-order valence-corrected chi connectivity index (χ4v) is 2.50. The smallest absolute Gasteiger partial charge is 0.313 e. The van der Waals surface area contributed by atoms with E-state index in [2.05, 4.69) is 21.2 Å². The zero-order chi connectivity index (χ0) is 15.5. The molecule has 2 atom stereocenters. The van der Waals surface area contributed by atoms with Crippen LogP contribution in [0.15, 0.2) is 34.8 Å². The molecule has 0 aliphatic carbocycles. The largest absolute Gasteiger partial charge is 0.481 e. The molecule has 1 amide bonds. The van der Waals surface area contributed by atoms with E-state index >= 15 is 0 Å². The van der Waals surface area contributed by atoms with Crippen LogP contribution in [-0.2, 0) is 14.3 Å². The van der Waals surface area contributed by atoms with Crippen molar-refractivity contribution >= 4 is 33.9 Å². The average Bonchev–Trinajstić information content (AvgIpc) is 2.79. The van der Waals surface area contributed by atoms with E-state index in [1.807, 2.05) is 24.3 Å². The maximum atomic E-state index is 11.9. The second-order valence-electron chi connectivity index (χ2n) is 5.19. The van der Waals surface area contributed by atoms with E-state index in [4.69, 9.17) is 4.74 Å². The van der Waals surface area contributed by atoms with Crippen molar-refractivity contribution in [2.24, 2.45) is 5.41 Å². The maximum Gasteiger partial charge on any atom is 0.313 e. The zero-order valence-corrected chi connectivity index (χ0v) is 13.1. The Morgan fingerprint density at radius 1 is 1.52 bits per heavy atom. The molecule has 1 fully saturated rings. The summed E-state index contributed by atoms with van der Waals surface area (Å²) >= 11 is 3.35. The van der Waals surface area contributed by atoms with Crippen molar-refractivity contribution in [3.05, 3.63) is 40.4 Å². The predicted octanol–water partition coefficient (Wildman–Crippen LogP) is 2.07. The molecule has 1 aromatic rings. The number of benzene rings is 1. The lowest BCUT2D eigenvalue weighted by Crippen LogP contribution is -2.49. The summed E-state index contributed by atoms with van der Waals surface area (Å²) in [5, 5.41) is 11.9. The van der Waals surface area contributed by atoms with Gasteiger partial charge in [-0.15, -0.1) is 0 Å². The normalized spacial score (nSPS) is 25.1. The number of halogens is 1. The van der Waals surface area contributed by atoms with Crippen LogP contribution in [0.1, 0.15) is 12.5 Å². The molecule has 21 heavy (non-hydrogen) atoms. The van der Waals surface area contributed by atoms with E-state index in [9.17, 15) is 14.7 Å². The molecule has 6 heteroatoms. The minimum absolute atomic E-state index is 0.0998. The zero-order valence-electron chi connectivity index (χ0n) is 11.5. The summed E-state index contributed by atoms with van der Waals surface area (Å²) in [7, 11) is 0. The van der Waals surface area contributed by atoms with E-state index in [1.165, 1.54) is 6.08 Å². The highest BCUT2D eigenvalue weighted by molar-refractivity contribution is 9.10. The maximum absolute atomic E-state index is 11.9. The summed E-state index contributed by atoms with van der Waals surface area (Å²) in [6, 6.07) is 6.98. The van der Waals surface area contributed by atoms with Gasteiger partial charge in [0.05, 0.1) is 19.3 Å². The third kappa shape index (κ3) is 3.71. The number of aliphatic carboxylic acids is 1. The molecule has 1 aromatic carbocycles. The molecule has 112 valence electrons. The average molecular weight is 354 g/mol. The molecule has 2 rings (SSSR count). The highest BCUT2D eigenvalue weighted by Crippen LogP contribution is 2.28. The Labute approximate surface area is 131 Å². The molecule has 0 bridgehead atoms. The summed E-state index contributed by atoms with van der Waals surface area (Å²) in [4.78, 5) is 23.2. The Kier molecular flexibility index (Phi) is 4.80. The number of amides is 1. The summed E-state index contributed by atoms with van der Waals surface area (Å²) in [5.41, 5.74) is -0.206. The molecule has 1 heterocycles. The Bertz CT molecular complexity index is 587. The Hall–Kier alpha value is -1.66. The van der Waals surface area contributed by atoms with Gasteiger partial charge in [0, 0.05) is 10.5 Å². The number of carbonyl (C=O) groups excluding carboxylic acids is 1. The van der Waals surface area contributed by atoms with Gasteiger partial charge in [-0.3, -0.25) is 9.59 Å². The third-order valence-corrected chi connectivity index (χ3v) is 4.03. The molecule has 0 spiro atoms. The fraction of sp³-hybridized carbons (Fsp3) is 0.333. The van der Waals surface area contributed by atoms with E-state index in [0.29, 0.717) is 0 Å². The van der Waals surface area contributed by atoms with Crippen LogP contribution in [-0.4, -0.2) is 36.2 Å². The molecule has 0 saturated carbocycles. The van der Waals surface area contributed by atoms with Gasteiger partial charge in [-0.1, -0.05) is 28.1 Å². The van der Waals surface area contributed by atoms with Crippen LogP contribution in [0.4, 0.5) is 0 Å². The van der Waals surface area contributed by atoms with Gasteiger partial charge in [0.1, 0.15) is 5.41 Å². The number of ether oxygens (including phenoxy) is 1. The van der Waals surface area contributed by atoms with Gasteiger partial charge in [-0.05, 0) is 30.7 Å². The minimum Gasteiger partial charge on any atom is -0.481 e. The Balaban J connectivity index is 2.00. The van der Waals surface area contributed by atoms with Gasteiger partial charge in [-0.25, -0.2) is 0 Å². The minimum atomic E-state index is -1.08. The summed E-state index contributed by atoms with van der Waals surface area (Å²) in [6.07, 6.45) is 3.07. The van der Waals surface area contributed by atoms with E-state index in [1.54, 1.807) is 13.0 Å². The van der Waals surface area contributed by atoms with Gasteiger partial charge in [0.25, 0.3) is 0 Å². The number of carboxylic acids is 1. The second-order valence-corrected chi connectivity index (χ2v) is 6.10. The van der Waals surface area contributed by atoms with E-state index < -0.39 is 17.4 Å². The van der Waals surface area contributed by atoms with Crippen molar-refractivity contribution in [2.45, 2.75) is 13.0 Å². The molecule has 1 aliphatic rings. The SMILES string of the molecule is CC1(C(=O)O)COCC1NC(=O)C=Cc1cccc(Br)c1. The summed E-state index contributed by atoms with van der Waals surface area (Å²) in [5.74, 6) is -1.31. The van der Waals surface area contributed by atoms with Crippen molar-refractivity contribution < 1.29 is 19.4 Å². The lowest BCUT2D eigenvalue weighted by atomic mass is 9.85. The number of carbonyl (C=O) groups is 2. The molecule has 0 radical (unpaired) electrons. The quantitative estimate of drug-likeness (QED) is 0.812. The lowest BCUT2D eigenvalue weighted by Gasteiger charge is -2.24. The Morgan fingerprint density at radius 2 is 2.29 bits per heavy atom. The van der Waals surface area contributed by atoms with Gasteiger partial charge >= 0.3 is 5.97 Å². The molecule has 2 unspecified atom stereocenters. The highest BCUT2D eigenvalue weighted by atomic mass is 79.9. The first-order valence-corrected chi connectivity index (χ1v) is 7.26. The van der Waals surface area contributed by atoms with Crippen LogP contribution in [0, 0.1) is 5.41 Å². The fourth-order valence-electron chi connectivity index (χ4n) is 2.09. The first-order chi connectivity index (χ1) is 9.91. The predicted molar refractivity (Wildman–Crippen MR) is 81.7 cm³/mol. The van der Waals surface area contributed by atoms with Gasteiger partial charge in [0.2, 0.25) is 5.91 Å². The number of carboxylic acid groups (broad SMARTS) is 1. The lowest BCUT2D eigenvalue weighted by molar-refractivity contribution is -0.148. The van der Waals surface area contributed by atoms with Crippen LogP contribution in [0.5, 0.6) is 0 Å². The van der Waals surface area contributed by atoms with Crippen LogP contribution in [0.3, 0.4) is 0 Å². The summed E-state index contributed by atoms with van der Waals surface area (Å²) in [6.45, 7) is 1.88. The second kappa shape index (κ2) is 6.41. The first kappa shape index (κ1) is 15.7. The van der Waals surface area contributed by atoms with Crippen molar-refractivity contribution in [1.82, 2.24) is 5.32 Å². The van der Waals surface area contributed by atoms with E-state index in [-0.39, 0.29) is 19.1 Å². The van der Waals surface area contributed by atoms with Crippen molar-refractivity contribution in [2.75, 3.05) is 13.2 Å². The third-order valence-electron chi connectivity index (χ3n) is 3.54. The standard InChI is InChI=1S/C15H16BrNO4/c1-15(14(19)20)9-21-8-12(15)17-13(18)6-5-10-3-2-4-11(16)7-10/h2-7,12H,8-9H2,1H3,(H,17,18)(H,19,20). The van der Waals surface area contributed by atoms with E-state index in [0.717, 1.165) is 10.0 Å². The number of rotatable bonds is 4. The molecule has 1 aliphatic heterocycles. The van der Waals surface area contributed by atoms with Crippen LogP contribution >= 0.6 is 15.9 Å². The molecular formula is C15H16BrNO4. The highest BCUT2D eigenvalue weighted by Gasteiger charge is 2.47. The van der Waals surface area contributed by atoms with Crippen molar-refractivity contribution in [3.63, 3.8) is 0 Å². The molecule has 5 nitrogen and oxygen atoms in total. The monoisotopic (exact) mass is 353 g/mol. The molecule has 2 N–H and O–H groups in total. The van der Waals surface area contributed by atoms with Gasteiger partial charge in [0.15, 0.2) is 0 Å².